The van der Waals surface area contributed by atoms with E-state index in [0.717, 1.165) is 9.87 Å². The van der Waals surface area contributed by atoms with Gasteiger partial charge in [0.15, 0.2) is 0 Å². The van der Waals surface area contributed by atoms with E-state index in [2.05, 4.69) is 10.0 Å². The van der Waals surface area contributed by atoms with Gasteiger partial charge in [0, 0.05) is 26.3 Å². The maximum absolute atomic E-state index is 11.7. The molecule has 0 radical (unpaired) electrons. The summed E-state index contributed by atoms with van der Waals surface area (Å²) in [5, 5.41) is 2.63. The van der Waals surface area contributed by atoms with Gasteiger partial charge in [-0.2, -0.15) is 12.7 Å². The Kier molecular flexibility index (Phi) is 5.78. The van der Waals surface area contributed by atoms with Crippen molar-refractivity contribution in [1.29, 1.82) is 0 Å². The van der Waals surface area contributed by atoms with Crippen LogP contribution in [0.1, 0.15) is 26.3 Å². The van der Waals surface area contributed by atoms with E-state index in [9.17, 15) is 13.2 Å². The van der Waals surface area contributed by atoms with E-state index in [1.165, 1.54) is 14.1 Å². The fraction of sp³-hybridized carbons (Fsp3) is 0.500. The molecule has 0 saturated carbocycles. The highest BCUT2D eigenvalue weighted by Gasteiger charge is 2.16. The second kappa shape index (κ2) is 6.97. The molecule has 8 heteroatoms. The molecule has 0 aliphatic carbocycles. The van der Waals surface area contributed by atoms with Crippen LogP contribution in [0.2, 0.25) is 0 Å². The summed E-state index contributed by atoms with van der Waals surface area (Å²) < 4.78 is 32.0. The van der Waals surface area contributed by atoms with E-state index >= 15 is 0 Å². The number of amides is 1. The maximum Gasteiger partial charge on any atom is 0.407 e. The van der Waals surface area contributed by atoms with E-state index in [1.807, 2.05) is 0 Å². The number of rotatable bonds is 5. The molecule has 0 heterocycles. The molecular formula is C14H23N3O4S. The first kappa shape index (κ1) is 18.2. The van der Waals surface area contributed by atoms with Gasteiger partial charge in [0.1, 0.15) is 5.60 Å². The van der Waals surface area contributed by atoms with Crippen LogP contribution in [-0.4, -0.2) is 38.5 Å². The molecule has 0 bridgehead atoms. The summed E-state index contributed by atoms with van der Waals surface area (Å²) in [6, 6.07) is 6.72. The molecule has 1 amide bonds. The maximum atomic E-state index is 11.7. The summed E-state index contributed by atoms with van der Waals surface area (Å²) in [5.41, 5.74) is 0.742. The molecule has 0 saturated heterocycles. The van der Waals surface area contributed by atoms with Gasteiger partial charge in [-0.3, -0.25) is 4.72 Å². The van der Waals surface area contributed by atoms with Gasteiger partial charge in [0.2, 0.25) is 0 Å². The van der Waals surface area contributed by atoms with Crippen molar-refractivity contribution in [3.63, 3.8) is 0 Å². The Morgan fingerprint density at radius 1 is 1.18 bits per heavy atom. The molecule has 1 aromatic rings. The smallest absolute Gasteiger partial charge is 0.407 e. The summed E-state index contributed by atoms with van der Waals surface area (Å²) in [4.78, 5) is 11.5. The van der Waals surface area contributed by atoms with Crippen LogP contribution < -0.4 is 10.0 Å². The minimum absolute atomic E-state index is 0.301. The van der Waals surface area contributed by atoms with Crippen LogP contribution in [0.4, 0.5) is 10.5 Å². The number of carbonyl (C=O) groups is 1. The molecule has 7 nitrogen and oxygen atoms in total. The Morgan fingerprint density at radius 2 is 1.73 bits per heavy atom. The second-order valence-corrected chi connectivity index (χ2v) is 7.83. The molecule has 0 aliphatic heterocycles. The standard InChI is InChI=1S/C14H23N3O4S/c1-14(2,3)21-13(18)15-10-11-6-8-12(9-7-11)16-22(19,20)17(4)5/h6-9,16H,10H2,1-5H3,(H,15,18). The zero-order valence-electron chi connectivity index (χ0n) is 13.5. The first-order chi connectivity index (χ1) is 9.99. The predicted molar refractivity (Wildman–Crippen MR) is 85.7 cm³/mol. The zero-order valence-corrected chi connectivity index (χ0v) is 14.3. The molecule has 2 N–H and O–H groups in total. The van der Waals surface area contributed by atoms with Gasteiger partial charge in [0.05, 0.1) is 0 Å². The Hall–Kier alpha value is -1.80. The van der Waals surface area contributed by atoms with Crippen molar-refractivity contribution in [3.8, 4) is 0 Å². The molecule has 0 spiro atoms. The van der Waals surface area contributed by atoms with Crippen LogP contribution in [0.25, 0.3) is 0 Å². The van der Waals surface area contributed by atoms with Gasteiger partial charge >= 0.3 is 16.3 Å². The average molecular weight is 329 g/mol. The van der Waals surface area contributed by atoms with Crippen molar-refractivity contribution >= 4 is 22.0 Å². The van der Waals surface area contributed by atoms with Gasteiger partial charge < -0.3 is 10.1 Å². The predicted octanol–water partition coefficient (Wildman–Crippen LogP) is 1.93. The number of hydrogen-bond acceptors (Lipinski definition) is 4. The lowest BCUT2D eigenvalue weighted by molar-refractivity contribution is 0.0523. The van der Waals surface area contributed by atoms with Gasteiger partial charge in [-0.05, 0) is 38.5 Å². The Labute approximate surface area is 131 Å². The van der Waals surface area contributed by atoms with Crippen molar-refractivity contribution in [2.75, 3.05) is 18.8 Å². The molecule has 1 aromatic carbocycles. The number of ether oxygens (including phenoxy) is 1. The first-order valence-corrected chi connectivity index (χ1v) is 8.20. The molecule has 22 heavy (non-hydrogen) atoms. The molecular weight excluding hydrogens is 306 g/mol. The van der Waals surface area contributed by atoms with E-state index in [-0.39, 0.29) is 0 Å². The number of benzene rings is 1. The molecule has 1 rings (SSSR count). The normalized spacial score (nSPS) is 12.1. The number of nitrogens with zero attached hydrogens (tertiary/aromatic N) is 1. The van der Waals surface area contributed by atoms with Crippen LogP contribution in [0.5, 0.6) is 0 Å². The molecule has 0 fully saturated rings. The average Bonchev–Trinajstić information content (AvgIpc) is 2.35. The summed E-state index contributed by atoms with van der Waals surface area (Å²) in [5.74, 6) is 0. The second-order valence-electron chi connectivity index (χ2n) is 5.94. The Balaban J connectivity index is 2.58. The first-order valence-electron chi connectivity index (χ1n) is 6.76. The van der Waals surface area contributed by atoms with E-state index in [4.69, 9.17) is 4.74 Å². The van der Waals surface area contributed by atoms with Crippen molar-refractivity contribution in [2.24, 2.45) is 0 Å². The number of nitrogens with one attached hydrogen (secondary N) is 2. The highest BCUT2D eigenvalue weighted by Crippen LogP contribution is 2.12. The van der Waals surface area contributed by atoms with E-state index in [0.29, 0.717) is 12.2 Å². The fourth-order valence-electron chi connectivity index (χ4n) is 1.42. The monoisotopic (exact) mass is 329 g/mol. The molecule has 0 unspecified atom stereocenters. The molecule has 124 valence electrons. The summed E-state index contributed by atoms with van der Waals surface area (Å²) in [6.07, 6.45) is -0.495. The largest absolute Gasteiger partial charge is 0.444 e. The third-order valence-corrected chi connectivity index (χ3v) is 3.97. The Morgan fingerprint density at radius 3 is 2.18 bits per heavy atom. The SMILES string of the molecule is CN(C)S(=O)(=O)Nc1ccc(CNC(=O)OC(C)(C)C)cc1. The van der Waals surface area contributed by atoms with Crippen LogP contribution in [-0.2, 0) is 21.5 Å². The third-order valence-electron chi connectivity index (χ3n) is 2.52. The lowest BCUT2D eigenvalue weighted by Crippen LogP contribution is -2.32. The van der Waals surface area contributed by atoms with Crippen molar-refractivity contribution in [3.05, 3.63) is 29.8 Å². The van der Waals surface area contributed by atoms with Crippen LogP contribution in [0, 0.1) is 0 Å². The van der Waals surface area contributed by atoms with Gasteiger partial charge in [0.25, 0.3) is 0 Å². The van der Waals surface area contributed by atoms with Gasteiger partial charge in [-0.15, -0.1) is 0 Å². The topological polar surface area (TPSA) is 87.7 Å². The van der Waals surface area contributed by atoms with Gasteiger partial charge in [-0.1, -0.05) is 12.1 Å². The fourth-order valence-corrected chi connectivity index (χ4v) is 2.04. The zero-order chi connectivity index (χ0) is 17.0. The number of hydrogen-bond donors (Lipinski definition) is 2. The minimum Gasteiger partial charge on any atom is -0.444 e. The van der Waals surface area contributed by atoms with Crippen molar-refractivity contribution in [2.45, 2.75) is 32.9 Å². The lowest BCUT2D eigenvalue weighted by atomic mass is 10.2. The number of alkyl carbamates (subject to hydrolysis) is 1. The van der Waals surface area contributed by atoms with E-state index in [1.54, 1.807) is 45.0 Å². The lowest BCUT2D eigenvalue weighted by Gasteiger charge is -2.19. The molecule has 0 atom stereocenters. The quantitative estimate of drug-likeness (QED) is 0.864. The minimum atomic E-state index is -3.52. The summed E-state index contributed by atoms with van der Waals surface area (Å²) in [6.45, 7) is 5.67. The van der Waals surface area contributed by atoms with Crippen molar-refractivity contribution < 1.29 is 17.9 Å². The van der Waals surface area contributed by atoms with Crippen LogP contribution in [0.15, 0.2) is 24.3 Å². The highest BCUT2D eigenvalue weighted by molar-refractivity contribution is 7.90. The highest BCUT2D eigenvalue weighted by atomic mass is 32.2. The summed E-state index contributed by atoms with van der Waals surface area (Å²) in [7, 11) is -0.625. The summed E-state index contributed by atoms with van der Waals surface area (Å²) >= 11 is 0. The van der Waals surface area contributed by atoms with Gasteiger partial charge in [-0.25, -0.2) is 4.79 Å². The van der Waals surface area contributed by atoms with E-state index < -0.39 is 21.9 Å². The Bertz CT molecular complexity index is 604. The molecule has 0 aromatic heterocycles. The molecule has 0 aliphatic rings. The van der Waals surface area contributed by atoms with Crippen LogP contribution >= 0.6 is 0 Å². The number of anilines is 1. The number of carbonyl (C=O) groups excluding carboxylic acids is 1. The van der Waals surface area contributed by atoms with Crippen molar-refractivity contribution in [1.82, 2.24) is 9.62 Å². The third kappa shape index (κ3) is 6.31. The van der Waals surface area contributed by atoms with Crippen LogP contribution in [0.3, 0.4) is 0 Å².